The third kappa shape index (κ3) is 5.54. The zero-order valence-electron chi connectivity index (χ0n) is 12.4. The van der Waals surface area contributed by atoms with E-state index in [9.17, 15) is 9.59 Å². The van der Waals surface area contributed by atoms with Crippen LogP contribution in [0.2, 0.25) is 0 Å². The molecule has 22 heavy (non-hydrogen) atoms. The predicted molar refractivity (Wildman–Crippen MR) is 84.6 cm³/mol. The first-order chi connectivity index (χ1) is 10.0. The normalized spacial score (nSPS) is 15.6. The van der Waals surface area contributed by atoms with Gasteiger partial charge in [-0.05, 0) is 18.7 Å². The van der Waals surface area contributed by atoms with E-state index >= 15 is 0 Å². The molecule has 0 aromatic heterocycles. The van der Waals surface area contributed by atoms with Crippen molar-refractivity contribution in [2.24, 2.45) is 0 Å². The van der Waals surface area contributed by atoms with Crippen molar-refractivity contribution in [3.63, 3.8) is 0 Å². The van der Waals surface area contributed by atoms with Gasteiger partial charge in [0.1, 0.15) is 11.9 Å². The lowest BCUT2D eigenvalue weighted by Gasteiger charge is -2.16. The molecule has 6 nitrogen and oxygen atoms in total. The van der Waals surface area contributed by atoms with Gasteiger partial charge in [0.2, 0.25) is 5.91 Å². The summed E-state index contributed by atoms with van der Waals surface area (Å²) in [5.41, 5.74) is 1.16. The molecule has 1 aliphatic rings. The van der Waals surface area contributed by atoms with Crippen LogP contribution in [0.15, 0.2) is 24.3 Å². The first kappa shape index (κ1) is 18.3. The second-order valence-electron chi connectivity index (χ2n) is 5.24. The maximum Gasteiger partial charge on any atom is 0.304 e. The number of hydrogen-bond donors (Lipinski definition) is 2. The van der Waals surface area contributed by atoms with Crippen LogP contribution in [0.25, 0.3) is 0 Å². The Labute approximate surface area is 135 Å². The fourth-order valence-electron chi connectivity index (χ4n) is 2.26. The molecule has 1 atom stereocenters. The summed E-state index contributed by atoms with van der Waals surface area (Å²) in [7, 11) is 1.73. The third-order valence-electron chi connectivity index (χ3n) is 3.36. The van der Waals surface area contributed by atoms with Gasteiger partial charge < -0.3 is 15.2 Å². The molecule has 1 unspecified atom stereocenters. The minimum Gasteiger partial charge on any atom is -0.488 e. The van der Waals surface area contributed by atoms with Gasteiger partial charge in [0.25, 0.3) is 0 Å². The van der Waals surface area contributed by atoms with Crippen LogP contribution in [0.3, 0.4) is 0 Å². The van der Waals surface area contributed by atoms with Gasteiger partial charge >= 0.3 is 5.97 Å². The summed E-state index contributed by atoms with van der Waals surface area (Å²) in [5.74, 6) is -0.0999. The highest BCUT2D eigenvalue weighted by molar-refractivity contribution is 5.85. The number of carboxylic acid groups (broad SMARTS) is 1. The lowest BCUT2D eigenvalue weighted by Crippen LogP contribution is -2.40. The SMILES string of the molecule is CN(CCC(=O)O)CC(=O)NCC1Cc2ccccc2O1.Cl. The van der Waals surface area contributed by atoms with E-state index < -0.39 is 5.97 Å². The number of para-hydroxylation sites is 1. The zero-order valence-corrected chi connectivity index (χ0v) is 13.3. The summed E-state index contributed by atoms with van der Waals surface area (Å²) in [6.07, 6.45) is 0.798. The second kappa shape index (κ2) is 8.60. The Morgan fingerprint density at radius 1 is 1.41 bits per heavy atom. The summed E-state index contributed by atoms with van der Waals surface area (Å²) in [4.78, 5) is 23.9. The number of carbonyl (C=O) groups is 2. The Hall–Kier alpha value is -1.79. The fraction of sp³-hybridized carbons (Fsp3) is 0.467. The molecular formula is C15H21ClN2O4. The van der Waals surface area contributed by atoms with Crippen molar-refractivity contribution in [2.45, 2.75) is 18.9 Å². The molecule has 0 aliphatic carbocycles. The van der Waals surface area contributed by atoms with Crippen LogP contribution >= 0.6 is 12.4 Å². The molecule has 0 radical (unpaired) electrons. The molecule has 1 heterocycles. The minimum atomic E-state index is -0.862. The molecule has 2 N–H and O–H groups in total. The van der Waals surface area contributed by atoms with E-state index in [0.29, 0.717) is 13.1 Å². The van der Waals surface area contributed by atoms with Crippen molar-refractivity contribution >= 4 is 24.3 Å². The predicted octanol–water partition coefficient (Wildman–Crippen LogP) is 0.935. The summed E-state index contributed by atoms with van der Waals surface area (Å²) < 4.78 is 5.74. The zero-order chi connectivity index (χ0) is 15.2. The number of carbonyl (C=O) groups excluding carboxylic acids is 1. The molecule has 1 aliphatic heterocycles. The van der Waals surface area contributed by atoms with Crippen LogP contribution in [0.4, 0.5) is 0 Å². The number of ether oxygens (including phenoxy) is 1. The monoisotopic (exact) mass is 328 g/mol. The fourth-order valence-corrected chi connectivity index (χ4v) is 2.26. The number of carboxylic acids is 1. The van der Waals surface area contributed by atoms with Gasteiger partial charge in [-0.15, -0.1) is 12.4 Å². The average Bonchev–Trinajstić information content (AvgIpc) is 2.86. The number of hydrogen-bond acceptors (Lipinski definition) is 4. The molecule has 7 heteroatoms. The highest BCUT2D eigenvalue weighted by Gasteiger charge is 2.22. The summed E-state index contributed by atoms with van der Waals surface area (Å²) in [6, 6.07) is 7.85. The number of likely N-dealkylation sites (N-methyl/N-ethyl adjacent to an activating group) is 1. The van der Waals surface area contributed by atoms with Crippen molar-refractivity contribution in [1.82, 2.24) is 10.2 Å². The van der Waals surface area contributed by atoms with Crippen molar-refractivity contribution < 1.29 is 19.4 Å². The summed E-state index contributed by atoms with van der Waals surface area (Å²) in [6.45, 7) is 1.00. The molecule has 0 saturated carbocycles. The number of benzene rings is 1. The second-order valence-corrected chi connectivity index (χ2v) is 5.24. The van der Waals surface area contributed by atoms with Gasteiger partial charge in [-0.2, -0.15) is 0 Å². The van der Waals surface area contributed by atoms with Gasteiger partial charge in [0, 0.05) is 13.0 Å². The summed E-state index contributed by atoms with van der Waals surface area (Å²) >= 11 is 0. The van der Waals surface area contributed by atoms with Crippen molar-refractivity contribution in [3.8, 4) is 5.75 Å². The lowest BCUT2D eigenvalue weighted by atomic mass is 10.1. The first-order valence-electron chi connectivity index (χ1n) is 6.96. The number of amides is 1. The van der Waals surface area contributed by atoms with Crippen molar-refractivity contribution in [2.75, 3.05) is 26.7 Å². The molecule has 0 fully saturated rings. The standard InChI is InChI=1S/C15H20N2O4.ClH/c1-17(7-6-15(19)20)10-14(18)16-9-12-8-11-4-2-3-5-13(11)21-12;/h2-5,12H,6-10H2,1H3,(H,16,18)(H,19,20);1H. The molecule has 1 aromatic carbocycles. The highest BCUT2D eigenvalue weighted by Crippen LogP contribution is 2.27. The Morgan fingerprint density at radius 2 is 2.14 bits per heavy atom. The van der Waals surface area contributed by atoms with Gasteiger partial charge in [-0.3, -0.25) is 14.5 Å². The van der Waals surface area contributed by atoms with Gasteiger partial charge in [0.05, 0.1) is 19.5 Å². The molecule has 0 bridgehead atoms. The van der Waals surface area contributed by atoms with Crippen molar-refractivity contribution in [3.05, 3.63) is 29.8 Å². The van der Waals surface area contributed by atoms with E-state index in [4.69, 9.17) is 9.84 Å². The maximum atomic E-state index is 11.8. The average molecular weight is 329 g/mol. The van der Waals surface area contributed by atoms with Gasteiger partial charge in [-0.25, -0.2) is 0 Å². The van der Waals surface area contributed by atoms with E-state index in [1.165, 1.54) is 0 Å². The van der Waals surface area contributed by atoms with E-state index in [0.717, 1.165) is 17.7 Å². The molecule has 1 aromatic rings. The quantitative estimate of drug-likeness (QED) is 0.778. The Kier molecular flexibility index (Phi) is 7.14. The lowest BCUT2D eigenvalue weighted by molar-refractivity contribution is -0.137. The number of rotatable bonds is 7. The van der Waals surface area contributed by atoms with E-state index in [1.807, 2.05) is 24.3 Å². The van der Waals surface area contributed by atoms with Crippen LogP contribution in [-0.2, 0) is 16.0 Å². The maximum absolute atomic E-state index is 11.8. The molecule has 0 spiro atoms. The number of nitrogens with zero attached hydrogens (tertiary/aromatic N) is 1. The molecule has 122 valence electrons. The van der Waals surface area contributed by atoms with Crippen LogP contribution in [0.1, 0.15) is 12.0 Å². The van der Waals surface area contributed by atoms with Crippen LogP contribution < -0.4 is 10.1 Å². The van der Waals surface area contributed by atoms with E-state index in [2.05, 4.69) is 5.32 Å². The topological polar surface area (TPSA) is 78.9 Å². The van der Waals surface area contributed by atoms with E-state index in [-0.39, 0.29) is 37.4 Å². The number of fused-ring (bicyclic) bond motifs is 1. The molecule has 1 amide bonds. The Balaban J connectivity index is 0.00000242. The smallest absolute Gasteiger partial charge is 0.304 e. The molecule has 2 rings (SSSR count). The third-order valence-corrected chi connectivity index (χ3v) is 3.36. The largest absolute Gasteiger partial charge is 0.488 e. The minimum absolute atomic E-state index is 0. The summed E-state index contributed by atoms with van der Waals surface area (Å²) in [5, 5.41) is 11.4. The number of aliphatic carboxylic acids is 1. The van der Waals surface area contributed by atoms with Crippen LogP contribution in [-0.4, -0.2) is 54.7 Å². The highest BCUT2D eigenvalue weighted by atomic mass is 35.5. The van der Waals surface area contributed by atoms with Crippen molar-refractivity contribution in [1.29, 1.82) is 0 Å². The Morgan fingerprint density at radius 3 is 2.82 bits per heavy atom. The first-order valence-corrected chi connectivity index (χ1v) is 6.96. The molecular weight excluding hydrogens is 308 g/mol. The van der Waals surface area contributed by atoms with Crippen LogP contribution in [0, 0.1) is 0 Å². The van der Waals surface area contributed by atoms with Gasteiger partial charge in [-0.1, -0.05) is 18.2 Å². The Bertz CT molecular complexity index is 499. The molecule has 0 saturated heterocycles. The number of halogens is 1. The van der Waals surface area contributed by atoms with E-state index in [1.54, 1.807) is 11.9 Å². The number of nitrogens with one attached hydrogen (secondary N) is 1. The van der Waals surface area contributed by atoms with Gasteiger partial charge in [0.15, 0.2) is 0 Å². The van der Waals surface area contributed by atoms with Crippen LogP contribution in [0.5, 0.6) is 5.75 Å².